The van der Waals surface area contributed by atoms with Crippen LogP contribution in [0.3, 0.4) is 0 Å². The van der Waals surface area contributed by atoms with E-state index >= 15 is 0 Å². The summed E-state index contributed by atoms with van der Waals surface area (Å²) in [5.41, 5.74) is 1.31. The van der Waals surface area contributed by atoms with Crippen LogP contribution in [-0.2, 0) is 11.2 Å². The van der Waals surface area contributed by atoms with Gasteiger partial charge in [-0.2, -0.15) is 0 Å². The molecule has 3 unspecified atom stereocenters. The number of unbranched alkanes of at least 4 members (excludes halogenated alkanes) is 6. The van der Waals surface area contributed by atoms with Crippen molar-refractivity contribution in [1.82, 2.24) is 0 Å². The van der Waals surface area contributed by atoms with E-state index in [-0.39, 0.29) is 0 Å². The molecular formula is C21H36O4. The molecule has 0 bridgehead atoms. The summed E-state index contributed by atoms with van der Waals surface area (Å²) in [6.45, 7) is 5.45. The Kier molecular flexibility index (Phi) is 11.5. The van der Waals surface area contributed by atoms with Crippen LogP contribution in [0, 0.1) is 0 Å². The first-order valence-electron chi connectivity index (χ1n) is 9.78. The SMILES string of the molecule is CCCCCCCCCc1ccc(OC(CC(C)O)OC(C)O)cc1. The summed E-state index contributed by atoms with van der Waals surface area (Å²) < 4.78 is 11.0. The molecule has 1 aromatic rings. The maximum atomic E-state index is 9.50. The Hall–Kier alpha value is -1.10. The van der Waals surface area contributed by atoms with Crippen molar-refractivity contribution in [2.24, 2.45) is 0 Å². The van der Waals surface area contributed by atoms with E-state index in [0.29, 0.717) is 12.2 Å². The van der Waals surface area contributed by atoms with Crippen molar-refractivity contribution in [3.8, 4) is 5.75 Å². The molecule has 3 atom stereocenters. The van der Waals surface area contributed by atoms with Gasteiger partial charge < -0.3 is 19.7 Å². The molecule has 0 fully saturated rings. The number of rotatable bonds is 14. The number of aliphatic hydroxyl groups is 2. The van der Waals surface area contributed by atoms with Gasteiger partial charge in [0.1, 0.15) is 5.75 Å². The van der Waals surface area contributed by atoms with E-state index in [9.17, 15) is 10.2 Å². The first-order valence-corrected chi connectivity index (χ1v) is 9.78. The Morgan fingerprint density at radius 1 is 0.880 bits per heavy atom. The number of ether oxygens (including phenoxy) is 2. The number of aliphatic hydroxyl groups excluding tert-OH is 2. The monoisotopic (exact) mass is 352 g/mol. The van der Waals surface area contributed by atoms with Crippen molar-refractivity contribution in [3.63, 3.8) is 0 Å². The van der Waals surface area contributed by atoms with Crippen LogP contribution in [0.4, 0.5) is 0 Å². The normalized spacial score (nSPS) is 14.9. The molecule has 0 amide bonds. The predicted octanol–water partition coefficient (Wildman–Crippen LogP) is 4.81. The summed E-state index contributed by atoms with van der Waals surface area (Å²) in [5.74, 6) is 0.689. The second-order valence-electron chi connectivity index (χ2n) is 6.88. The molecule has 0 heterocycles. The number of hydrogen-bond donors (Lipinski definition) is 2. The van der Waals surface area contributed by atoms with E-state index in [1.165, 1.54) is 57.4 Å². The molecule has 0 aliphatic rings. The topological polar surface area (TPSA) is 58.9 Å². The zero-order valence-corrected chi connectivity index (χ0v) is 16.1. The Morgan fingerprint density at radius 3 is 2.04 bits per heavy atom. The molecule has 0 saturated carbocycles. The molecule has 1 rings (SSSR count). The lowest BCUT2D eigenvalue weighted by Gasteiger charge is -2.22. The summed E-state index contributed by atoms with van der Waals surface area (Å²) in [6, 6.07) is 8.01. The van der Waals surface area contributed by atoms with Crippen molar-refractivity contribution < 1.29 is 19.7 Å². The van der Waals surface area contributed by atoms with Gasteiger partial charge in [-0.3, -0.25) is 0 Å². The lowest BCUT2D eigenvalue weighted by molar-refractivity contribution is -0.196. The molecule has 4 heteroatoms. The minimum absolute atomic E-state index is 0.310. The minimum atomic E-state index is -0.930. The molecular weight excluding hydrogens is 316 g/mol. The molecule has 0 spiro atoms. The highest BCUT2D eigenvalue weighted by Crippen LogP contribution is 2.18. The first kappa shape index (κ1) is 21.9. The zero-order chi connectivity index (χ0) is 18.5. The lowest BCUT2D eigenvalue weighted by Crippen LogP contribution is -2.28. The van der Waals surface area contributed by atoms with Crippen LogP contribution in [0.1, 0.15) is 77.7 Å². The summed E-state index contributed by atoms with van der Waals surface area (Å²) in [4.78, 5) is 0. The second kappa shape index (κ2) is 13.2. The van der Waals surface area contributed by atoms with Gasteiger partial charge >= 0.3 is 0 Å². The van der Waals surface area contributed by atoms with Crippen molar-refractivity contribution in [3.05, 3.63) is 29.8 Å². The van der Waals surface area contributed by atoms with Gasteiger partial charge in [0.05, 0.1) is 6.10 Å². The van der Waals surface area contributed by atoms with E-state index in [1.807, 2.05) is 12.1 Å². The molecule has 0 saturated heterocycles. The summed E-state index contributed by atoms with van der Waals surface area (Å²) >= 11 is 0. The summed E-state index contributed by atoms with van der Waals surface area (Å²) in [6.07, 6.45) is 8.49. The van der Waals surface area contributed by atoms with E-state index in [0.717, 1.165) is 6.42 Å². The second-order valence-corrected chi connectivity index (χ2v) is 6.88. The largest absolute Gasteiger partial charge is 0.465 e. The summed E-state index contributed by atoms with van der Waals surface area (Å²) in [7, 11) is 0. The average molecular weight is 353 g/mol. The highest BCUT2D eigenvalue weighted by atomic mass is 16.7. The van der Waals surface area contributed by atoms with Crippen LogP contribution in [0.15, 0.2) is 24.3 Å². The smallest absolute Gasteiger partial charge is 0.204 e. The van der Waals surface area contributed by atoms with Crippen LogP contribution >= 0.6 is 0 Å². The fourth-order valence-corrected chi connectivity index (χ4v) is 2.80. The highest BCUT2D eigenvalue weighted by molar-refractivity contribution is 5.27. The Labute approximate surface area is 153 Å². The molecule has 144 valence electrons. The highest BCUT2D eigenvalue weighted by Gasteiger charge is 2.16. The average Bonchev–Trinajstić information content (AvgIpc) is 2.54. The molecule has 0 radical (unpaired) electrons. The van der Waals surface area contributed by atoms with E-state index < -0.39 is 18.7 Å². The Bertz CT molecular complexity index is 418. The van der Waals surface area contributed by atoms with Gasteiger partial charge in [-0.25, -0.2) is 0 Å². The fraction of sp³-hybridized carbons (Fsp3) is 0.714. The van der Waals surface area contributed by atoms with Crippen molar-refractivity contribution in [1.29, 1.82) is 0 Å². The van der Waals surface area contributed by atoms with Crippen LogP contribution in [-0.4, -0.2) is 28.9 Å². The van der Waals surface area contributed by atoms with Gasteiger partial charge in [-0.1, -0.05) is 57.6 Å². The molecule has 1 aromatic carbocycles. The van der Waals surface area contributed by atoms with Gasteiger partial charge in [0.25, 0.3) is 0 Å². The number of hydrogen-bond acceptors (Lipinski definition) is 4. The maximum absolute atomic E-state index is 9.50. The van der Waals surface area contributed by atoms with Gasteiger partial charge in [-0.15, -0.1) is 0 Å². The zero-order valence-electron chi connectivity index (χ0n) is 16.1. The van der Waals surface area contributed by atoms with Crippen LogP contribution in [0.2, 0.25) is 0 Å². The van der Waals surface area contributed by atoms with Crippen LogP contribution in [0.5, 0.6) is 5.75 Å². The number of benzene rings is 1. The molecule has 0 aliphatic heterocycles. The van der Waals surface area contributed by atoms with E-state index in [2.05, 4.69) is 19.1 Å². The molecule has 25 heavy (non-hydrogen) atoms. The Morgan fingerprint density at radius 2 is 1.48 bits per heavy atom. The van der Waals surface area contributed by atoms with Gasteiger partial charge in [0.15, 0.2) is 6.29 Å². The Balaban J connectivity index is 2.33. The standard InChI is InChI=1S/C21H36O4/c1-4-5-6-7-8-9-10-11-19-12-14-20(15-13-19)25-21(16-17(2)22)24-18(3)23/h12-15,17-18,21-23H,4-11,16H2,1-3H3. The molecule has 4 nitrogen and oxygen atoms in total. The van der Waals surface area contributed by atoms with E-state index in [4.69, 9.17) is 9.47 Å². The fourth-order valence-electron chi connectivity index (χ4n) is 2.80. The molecule has 2 N–H and O–H groups in total. The van der Waals surface area contributed by atoms with Crippen molar-refractivity contribution >= 4 is 0 Å². The third kappa shape index (κ3) is 11.2. The van der Waals surface area contributed by atoms with Gasteiger partial charge in [0.2, 0.25) is 6.29 Å². The lowest BCUT2D eigenvalue weighted by atomic mass is 10.0. The quantitative estimate of drug-likeness (QED) is 0.373. The maximum Gasteiger partial charge on any atom is 0.204 e. The van der Waals surface area contributed by atoms with Gasteiger partial charge in [0, 0.05) is 6.42 Å². The molecule has 0 aliphatic carbocycles. The third-order valence-electron chi connectivity index (χ3n) is 4.14. The first-order chi connectivity index (χ1) is 12.0. The van der Waals surface area contributed by atoms with E-state index in [1.54, 1.807) is 6.92 Å². The predicted molar refractivity (Wildman–Crippen MR) is 102 cm³/mol. The minimum Gasteiger partial charge on any atom is -0.465 e. The molecule has 0 aromatic heterocycles. The summed E-state index contributed by atoms with van der Waals surface area (Å²) in [5, 5.41) is 18.9. The third-order valence-corrected chi connectivity index (χ3v) is 4.14. The van der Waals surface area contributed by atoms with Crippen LogP contribution in [0.25, 0.3) is 0 Å². The van der Waals surface area contributed by atoms with Crippen molar-refractivity contribution in [2.75, 3.05) is 0 Å². The van der Waals surface area contributed by atoms with Crippen molar-refractivity contribution in [2.45, 2.75) is 97.2 Å². The number of aryl methyl sites for hydroxylation is 1. The van der Waals surface area contributed by atoms with Gasteiger partial charge in [-0.05, 0) is 44.4 Å². The van der Waals surface area contributed by atoms with Crippen LogP contribution < -0.4 is 4.74 Å².